The topological polar surface area (TPSA) is 70.7 Å². The minimum atomic E-state index is -0.165. The Labute approximate surface area is 116 Å². The van der Waals surface area contributed by atoms with Crippen molar-refractivity contribution in [3.8, 4) is 0 Å². The highest BCUT2D eigenvalue weighted by atomic mass is 16.1. The van der Waals surface area contributed by atoms with Crippen LogP contribution in [0, 0.1) is 0 Å². The zero-order valence-corrected chi connectivity index (χ0v) is 10.8. The van der Waals surface area contributed by atoms with E-state index in [-0.39, 0.29) is 5.91 Å². The molecular formula is C15H14N4O. The van der Waals surface area contributed by atoms with Crippen molar-refractivity contribution >= 4 is 16.8 Å². The lowest BCUT2D eigenvalue weighted by Crippen LogP contribution is -2.26. The zero-order valence-electron chi connectivity index (χ0n) is 10.8. The van der Waals surface area contributed by atoms with E-state index in [0.29, 0.717) is 18.7 Å². The summed E-state index contributed by atoms with van der Waals surface area (Å²) in [6, 6.07) is 11.4. The number of aromatic nitrogens is 3. The largest absolute Gasteiger partial charge is 0.350 e. The van der Waals surface area contributed by atoms with Crippen molar-refractivity contribution in [2.75, 3.05) is 6.54 Å². The van der Waals surface area contributed by atoms with E-state index in [1.54, 1.807) is 18.5 Å². The van der Waals surface area contributed by atoms with Crippen molar-refractivity contribution in [3.05, 3.63) is 60.3 Å². The molecule has 2 aromatic heterocycles. The first-order valence-electron chi connectivity index (χ1n) is 6.45. The summed E-state index contributed by atoms with van der Waals surface area (Å²) in [6.07, 6.45) is 4.14. The van der Waals surface area contributed by atoms with E-state index in [4.69, 9.17) is 0 Å². The molecule has 3 rings (SSSR count). The van der Waals surface area contributed by atoms with Gasteiger partial charge in [-0.25, -0.2) is 9.97 Å². The molecule has 5 heteroatoms. The molecule has 0 saturated carbocycles. The third kappa shape index (κ3) is 2.66. The summed E-state index contributed by atoms with van der Waals surface area (Å²) in [7, 11) is 0. The Balaban J connectivity index is 1.66. The number of H-pyrrole nitrogens is 1. The van der Waals surface area contributed by atoms with Crippen LogP contribution in [0.2, 0.25) is 0 Å². The number of aromatic amines is 1. The van der Waals surface area contributed by atoms with Crippen molar-refractivity contribution < 1.29 is 4.79 Å². The smallest absolute Gasteiger partial charge is 0.269 e. The summed E-state index contributed by atoms with van der Waals surface area (Å²) < 4.78 is 0. The molecule has 0 fully saturated rings. The van der Waals surface area contributed by atoms with Crippen LogP contribution in [0.5, 0.6) is 0 Å². The number of benzene rings is 1. The van der Waals surface area contributed by atoms with Gasteiger partial charge in [-0.1, -0.05) is 24.3 Å². The molecule has 2 N–H and O–H groups in total. The summed E-state index contributed by atoms with van der Waals surface area (Å²) in [6.45, 7) is 0.529. The Morgan fingerprint density at radius 3 is 2.95 bits per heavy atom. The molecule has 0 aliphatic carbocycles. The Morgan fingerprint density at radius 2 is 2.10 bits per heavy atom. The van der Waals surface area contributed by atoms with Crippen LogP contribution in [-0.2, 0) is 6.42 Å². The second-order valence-corrected chi connectivity index (χ2v) is 4.43. The van der Waals surface area contributed by atoms with Crippen LogP contribution in [0.4, 0.5) is 0 Å². The maximum atomic E-state index is 12.0. The van der Waals surface area contributed by atoms with Gasteiger partial charge in [0.25, 0.3) is 5.91 Å². The molecule has 0 radical (unpaired) electrons. The van der Waals surface area contributed by atoms with Gasteiger partial charge >= 0.3 is 0 Å². The molecule has 0 saturated heterocycles. The summed E-state index contributed by atoms with van der Waals surface area (Å²) in [5.41, 5.74) is 1.26. The first-order valence-corrected chi connectivity index (χ1v) is 6.45. The number of imidazole rings is 1. The van der Waals surface area contributed by atoms with Gasteiger partial charge in [0.1, 0.15) is 11.5 Å². The molecule has 0 aliphatic heterocycles. The van der Waals surface area contributed by atoms with Gasteiger partial charge in [0, 0.05) is 30.7 Å². The minimum Gasteiger partial charge on any atom is -0.350 e. The number of amides is 1. The van der Waals surface area contributed by atoms with Crippen LogP contribution >= 0.6 is 0 Å². The Bertz CT molecular complexity index is 722. The number of fused-ring (bicyclic) bond motifs is 1. The number of hydrogen-bond acceptors (Lipinski definition) is 3. The van der Waals surface area contributed by atoms with Gasteiger partial charge in [-0.15, -0.1) is 0 Å². The number of nitrogens with zero attached hydrogens (tertiary/aromatic N) is 2. The second kappa shape index (κ2) is 5.52. The highest BCUT2D eigenvalue weighted by Gasteiger charge is 2.07. The first kappa shape index (κ1) is 12.3. The van der Waals surface area contributed by atoms with E-state index in [2.05, 4.69) is 20.3 Å². The molecule has 0 spiro atoms. The van der Waals surface area contributed by atoms with Gasteiger partial charge < -0.3 is 10.3 Å². The molecule has 1 amide bonds. The Hall–Kier alpha value is -2.69. The summed E-state index contributed by atoms with van der Waals surface area (Å²) in [5.74, 6) is 0.694. The lowest BCUT2D eigenvalue weighted by atomic mass is 10.2. The Kier molecular flexibility index (Phi) is 3.41. The first-order chi connectivity index (χ1) is 9.83. The normalized spacial score (nSPS) is 10.6. The predicted octanol–water partition coefficient (Wildman–Crippen LogP) is 1.93. The predicted molar refractivity (Wildman–Crippen MR) is 76.4 cm³/mol. The fraction of sp³-hybridized carbons (Fsp3) is 0.133. The molecule has 20 heavy (non-hydrogen) atoms. The lowest BCUT2D eigenvalue weighted by molar-refractivity contribution is 0.0949. The van der Waals surface area contributed by atoms with Crippen molar-refractivity contribution in [1.29, 1.82) is 0 Å². The second-order valence-electron chi connectivity index (χ2n) is 4.43. The number of pyridine rings is 1. The van der Waals surface area contributed by atoms with E-state index in [0.717, 1.165) is 16.7 Å². The van der Waals surface area contributed by atoms with Crippen molar-refractivity contribution in [3.63, 3.8) is 0 Å². The fourth-order valence-corrected chi connectivity index (χ4v) is 2.01. The van der Waals surface area contributed by atoms with Crippen LogP contribution in [0.3, 0.4) is 0 Å². The van der Waals surface area contributed by atoms with Crippen LogP contribution in [0.25, 0.3) is 10.9 Å². The van der Waals surface area contributed by atoms with Crippen molar-refractivity contribution in [2.45, 2.75) is 6.42 Å². The standard InChI is InChI=1S/C15H14N4O/c20-15(18-8-7-14-16-9-10-17-14)13-6-5-11-3-1-2-4-12(11)19-13/h1-6,9-10H,7-8H2,(H,16,17)(H,18,20). The fourth-order valence-electron chi connectivity index (χ4n) is 2.01. The molecular weight excluding hydrogens is 252 g/mol. The van der Waals surface area contributed by atoms with E-state index in [1.807, 2.05) is 30.3 Å². The summed E-state index contributed by atoms with van der Waals surface area (Å²) in [5, 5.41) is 3.87. The number of carbonyl (C=O) groups excluding carboxylic acids is 1. The maximum absolute atomic E-state index is 12.0. The summed E-state index contributed by atoms with van der Waals surface area (Å²) >= 11 is 0. The third-order valence-corrected chi connectivity index (χ3v) is 3.03. The molecule has 100 valence electrons. The highest BCUT2D eigenvalue weighted by Crippen LogP contribution is 2.11. The molecule has 2 heterocycles. The quantitative estimate of drug-likeness (QED) is 0.758. The van der Waals surface area contributed by atoms with Gasteiger partial charge in [0.2, 0.25) is 0 Å². The van der Waals surface area contributed by atoms with E-state index >= 15 is 0 Å². The van der Waals surface area contributed by atoms with Gasteiger partial charge in [0.15, 0.2) is 0 Å². The number of para-hydroxylation sites is 1. The van der Waals surface area contributed by atoms with E-state index in [9.17, 15) is 4.79 Å². The molecule has 0 aliphatic rings. The molecule has 1 aromatic carbocycles. The SMILES string of the molecule is O=C(NCCc1ncc[nH]1)c1ccc2ccccc2n1. The number of carbonyl (C=O) groups is 1. The zero-order chi connectivity index (χ0) is 13.8. The average molecular weight is 266 g/mol. The van der Waals surface area contributed by atoms with E-state index < -0.39 is 0 Å². The number of nitrogens with one attached hydrogen (secondary N) is 2. The molecule has 5 nitrogen and oxygen atoms in total. The third-order valence-electron chi connectivity index (χ3n) is 3.03. The Morgan fingerprint density at radius 1 is 1.20 bits per heavy atom. The monoisotopic (exact) mass is 266 g/mol. The van der Waals surface area contributed by atoms with Crippen molar-refractivity contribution in [2.24, 2.45) is 0 Å². The van der Waals surface area contributed by atoms with Crippen molar-refractivity contribution in [1.82, 2.24) is 20.3 Å². The van der Waals surface area contributed by atoms with Gasteiger partial charge in [-0.3, -0.25) is 4.79 Å². The van der Waals surface area contributed by atoms with Crippen LogP contribution in [0.1, 0.15) is 16.3 Å². The van der Waals surface area contributed by atoms with Gasteiger partial charge in [-0.2, -0.15) is 0 Å². The molecule has 0 bridgehead atoms. The summed E-state index contributed by atoms with van der Waals surface area (Å²) in [4.78, 5) is 23.5. The molecule has 3 aromatic rings. The molecule has 0 unspecified atom stereocenters. The number of hydrogen-bond donors (Lipinski definition) is 2. The van der Waals surface area contributed by atoms with Crippen LogP contribution < -0.4 is 5.32 Å². The minimum absolute atomic E-state index is 0.165. The van der Waals surface area contributed by atoms with Gasteiger partial charge in [0.05, 0.1) is 5.52 Å². The maximum Gasteiger partial charge on any atom is 0.269 e. The molecule has 0 atom stereocenters. The number of rotatable bonds is 4. The highest BCUT2D eigenvalue weighted by molar-refractivity contribution is 5.94. The average Bonchev–Trinajstić information content (AvgIpc) is 3.00. The van der Waals surface area contributed by atoms with Crippen LogP contribution in [0.15, 0.2) is 48.8 Å². The lowest BCUT2D eigenvalue weighted by Gasteiger charge is -2.04. The van der Waals surface area contributed by atoms with Gasteiger partial charge in [-0.05, 0) is 12.1 Å². The van der Waals surface area contributed by atoms with Crippen LogP contribution in [-0.4, -0.2) is 27.4 Å². The van der Waals surface area contributed by atoms with E-state index in [1.165, 1.54) is 0 Å².